The summed E-state index contributed by atoms with van der Waals surface area (Å²) in [5.74, 6) is 1.29. The number of hydrogen-bond donors (Lipinski definition) is 3. The van der Waals surface area contributed by atoms with Gasteiger partial charge >= 0.3 is 6.09 Å². The number of nitrogens with one attached hydrogen (secondary N) is 3. The number of carbonyl (C=O) groups is 1. The zero-order chi connectivity index (χ0) is 19.3. The van der Waals surface area contributed by atoms with Crippen molar-refractivity contribution in [2.45, 2.75) is 46.1 Å². The molecule has 26 heavy (non-hydrogen) atoms. The molecular weight excluding hydrogens is 336 g/mol. The Hall–Kier alpha value is -1.54. The second-order valence-electron chi connectivity index (χ2n) is 7.27. The lowest BCUT2D eigenvalue weighted by molar-refractivity contribution is 0.0529. The van der Waals surface area contributed by atoms with Crippen molar-refractivity contribution in [2.24, 2.45) is 10.9 Å². The van der Waals surface area contributed by atoms with Crippen molar-refractivity contribution in [1.29, 1.82) is 0 Å². The monoisotopic (exact) mass is 372 g/mol. The van der Waals surface area contributed by atoms with Crippen LogP contribution in [0.3, 0.4) is 0 Å². The fourth-order valence-corrected chi connectivity index (χ4v) is 2.32. The van der Waals surface area contributed by atoms with E-state index in [1.807, 2.05) is 27.7 Å². The predicted octanol–water partition coefficient (Wildman–Crippen LogP) is 1.51. The molecule has 1 amide bonds. The smallest absolute Gasteiger partial charge is 0.407 e. The van der Waals surface area contributed by atoms with Gasteiger partial charge in [0, 0.05) is 45.3 Å². The molecule has 1 unspecified atom stereocenters. The number of rotatable bonds is 10. The van der Waals surface area contributed by atoms with Crippen LogP contribution in [0, 0.1) is 5.92 Å². The Morgan fingerprint density at radius 3 is 2.65 bits per heavy atom. The minimum atomic E-state index is -0.485. The van der Waals surface area contributed by atoms with E-state index in [9.17, 15) is 4.79 Å². The summed E-state index contributed by atoms with van der Waals surface area (Å²) in [5.41, 5.74) is -0.485. The first-order valence-corrected chi connectivity index (χ1v) is 9.55. The quantitative estimate of drug-likeness (QED) is 0.306. The molecule has 0 aromatic carbocycles. The molecule has 1 heterocycles. The second-order valence-corrected chi connectivity index (χ2v) is 7.27. The van der Waals surface area contributed by atoms with Crippen LogP contribution < -0.4 is 16.0 Å². The first-order chi connectivity index (χ1) is 12.4. The number of ether oxygens (including phenoxy) is 3. The van der Waals surface area contributed by atoms with Gasteiger partial charge < -0.3 is 30.2 Å². The normalized spacial score (nSPS) is 17.8. The molecule has 0 aliphatic carbocycles. The fraction of sp³-hybridized carbons (Fsp3) is 0.889. The largest absolute Gasteiger partial charge is 0.444 e. The number of aliphatic imine (C=N–C) groups is 1. The molecule has 0 radical (unpaired) electrons. The van der Waals surface area contributed by atoms with Gasteiger partial charge in [0.25, 0.3) is 0 Å². The van der Waals surface area contributed by atoms with E-state index >= 15 is 0 Å². The molecule has 1 fully saturated rings. The van der Waals surface area contributed by atoms with Crippen molar-refractivity contribution in [3.05, 3.63) is 0 Å². The predicted molar refractivity (Wildman–Crippen MR) is 103 cm³/mol. The van der Waals surface area contributed by atoms with Gasteiger partial charge in [0.05, 0.1) is 13.2 Å². The average molecular weight is 373 g/mol. The van der Waals surface area contributed by atoms with Crippen molar-refractivity contribution in [2.75, 3.05) is 52.6 Å². The van der Waals surface area contributed by atoms with Crippen LogP contribution in [0.25, 0.3) is 0 Å². The summed E-state index contributed by atoms with van der Waals surface area (Å²) in [5, 5.41) is 9.08. The maximum absolute atomic E-state index is 11.6. The third-order valence-corrected chi connectivity index (χ3v) is 3.52. The molecule has 0 aromatic heterocycles. The number of guanidine groups is 1. The number of carbonyl (C=O) groups excluding carboxylic acids is 1. The fourth-order valence-electron chi connectivity index (χ4n) is 2.32. The van der Waals surface area contributed by atoms with E-state index in [0.29, 0.717) is 32.2 Å². The Morgan fingerprint density at radius 2 is 2.00 bits per heavy atom. The number of amides is 1. The highest BCUT2D eigenvalue weighted by molar-refractivity contribution is 5.79. The maximum Gasteiger partial charge on any atom is 0.407 e. The Labute approximate surface area is 157 Å². The lowest BCUT2D eigenvalue weighted by Crippen LogP contribution is -2.42. The molecule has 152 valence electrons. The van der Waals surface area contributed by atoms with Crippen LogP contribution in [0.2, 0.25) is 0 Å². The average Bonchev–Trinajstić information content (AvgIpc) is 3.06. The lowest BCUT2D eigenvalue weighted by Gasteiger charge is -2.19. The Balaban J connectivity index is 2.10. The third-order valence-electron chi connectivity index (χ3n) is 3.52. The highest BCUT2D eigenvalue weighted by atomic mass is 16.6. The van der Waals surface area contributed by atoms with Gasteiger partial charge in [0.15, 0.2) is 5.96 Å². The molecular formula is C18H36N4O4. The van der Waals surface area contributed by atoms with Gasteiger partial charge in [0.1, 0.15) is 5.60 Å². The molecule has 0 aromatic rings. The maximum atomic E-state index is 11.6. The summed E-state index contributed by atoms with van der Waals surface area (Å²) in [6.07, 6.45) is 1.57. The van der Waals surface area contributed by atoms with E-state index in [0.717, 1.165) is 45.2 Å². The van der Waals surface area contributed by atoms with Gasteiger partial charge in [-0.15, -0.1) is 0 Å². The summed E-state index contributed by atoms with van der Waals surface area (Å²) in [4.78, 5) is 16.1. The Kier molecular flexibility index (Phi) is 11.0. The molecule has 1 rings (SSSR count). The van der Waals surface area contributed by atoms with Gasteiger partial charge in [-0.3, -0.25) is 4.99 Å². The molecule has 1 atom stereocenters. The molecule has 1 aliphatic heterocycles. The number of nitrogens with zero attached hydrogens (tertiary/aromatic N) is 1. The minimum absolute atomic E-state index is 0.411. The zero-order valence-electron chi connectivity index (χ0n) is 16.7. The van der Waals surface area contributed by atoms with Gasteiger partial charge in [-0.2, -0.15) is 0 Å². The van der Waals surface area contributed by atoms with E-state index in [2.05, 4.69) is 20.9 Å². The second kappa shape index (κ2) is 12.8. The van der Waals surface area contributed by atoms with Gasteiger partial charge in [-0.1, -0.05) is 0 Å². The molecule has 0 bridgehead atoms. The van der Waals surface area contributed by atoms with E-state index in [-0.39, 0.29) is 0 Å². The van der Waals surface area contributed by atoms with Crippen LogP contribution in [0.5, 0.6) is 0 Å². The Bertz CT molecular complexity index is 418. The highest BCUT2D eigenvalue weighted by Crippen LogP contribution is 2.12. The highest BCUT2D eigenvalue weighted by Gasteiger charge is 2.16. The summed E-state index contributed by atoms with van der Waals surface area (Å²) in [7, 11) is 0. The van der Waals surface area contributed by atoms with Crippen LogP contribution in [0.4, 0.5) is 4.79 Å². The third kappa shape index (κ3) is 11.9. The summed E-state index contributed by atoms with van der Waals surface area (Å²) >= 11 is 0. The van der Waals surface area contributed by atoms with Crippen molar-refractivity contribution in [1.82, 2.24) is 16.0 Å². The van der Waals surface area contributed by atoms with Gasteiger partial charge in [0.2, 0.25) is 0 Å². The summed E-state index contributed by atoms with van der Waals surface area (Å²) in [6, 6.07) is 0. The molecule has 3 N–H and O–H groups in total. The molecule has 0 spiro atoms. The van der Waals surface area contributed by atoms with E-state index in [1.54, 1.807) is 0 Å². The van der Waals surface area contributed by atoms with E-state index in [4.69, 9.17) is 14.2 Å². The molecule has 0 saturated carbocycles. The number of hydrogen-bond acceptors (Lipinski definition) is 5. The lowest BCUT2D eigenvalue weighted by atomic mass is 10.1. The molecule has 1 aliphatic rings. The zero-order valence-corrected chi connectivity index (χ0v) is 16.7. The van der Waals surface area contributed by atoms with Crippen LogP contribution >= 0.6 is 0 Å². The Morgan fingerprint density at radius 1 is 1.23 bits per heavy atom. The topological polar surface area (TPSA) is 93.2 Å². The molecule has 8 heteroatoms. The van der Waals surface area contributed by atoms with Crippen LogP contribution in [-0.4, -0.2) is 70.3 Å². The molecule has 1 saturated heterocycles. The van der Waals surface area contributed by atoms with Gasteiger partial charge in [-0.25, -0.2) is 4.79 Å². The molecule has 8 nitrogen and oxygen atoms in total. The summed E-state index contributed by atoms with van der Waals surface area (Å²) in [6.45, 7) is 13.2. The standard InChI is InChI=1S/C18H36N4O4/c1-5-19-16(21-9-10-22-17(23)26-18(2,3)4)20-8-6-11-24-13-15-7-12-25-14-15/h15H,5-14H2,1-4H3,(H,22,23)(H2,19,20,21). The number of alkyl carbamates (subject to hydrolysis) is 1. The SMILES string of the molecule is CCNC(=NCCCOCC1CCOC1)NCCNC(=O)OC(C)(C)C. The van der Waals surface area contributed by atoms with E-state index in [1.165, 1.54) is 0 Å². The van der Waals surface area contributed by atoms with Crippen LogP contribution in [-0.2, 0) is 14.2 Å². The minimum Gasteiger partial charge on any atom is -0.444 e. The first kappa shape index (κ1) is 22.5. The van der Waals surface area contributed by atoms with Crippen molar-refractivity contribution in [3.63, 3.8) is 0 Å². The first-order valence-electron chi connectivity index (χ1n) is 9.55. The van der Waals surface area contributed by atoms with Crippen LogP contribution in [0.15, 0.2) is 4.99 Å². The summed E-state index contributed by atoms with van der Waals surface area (Å²) < 4.78 is 16.2. The van der Waals surface area contributed by atoms with Crippen molar-refractivity contribution < 1.29 is 19.0 Å². The van der Waals surface area contributed by atoms with Crippen molar-refractivity contribution >= 4 is 12.1 Å². The van der Waals surface area contributed by atoms with E-state index < -0.39 is 11.7 Å². The van der Waals surface area contributed by atoms with Crippen LogP contribution in [0.1, 0.15) is 40.5 Å². The van der Waals surface area contributed by atoms with Crippen molar-refractivity contribution in [3.8, 4) is 0 Å². The van der Waals surface area contributed by atoms with Gasteiger partial charge in [-0.05, 0) is 40.5 Å².